The summed E-state index contributed by atoms with van der Waals surface area (Å²) in [5.74, 6) is -0.409. The molecule has 3 aromatic rings. The molecule has 0 spiro atoms. The van der Waals surface area contributed by atoms with Gasteiger partial charge in [0.1, 0.15) is 0 Å². The predicted octanol–water partition coefficient (Wildman–Crippen LogP) is 4.97. The van der Waals surface area contributed by atoms with E-state index in [-0.39, 0.29) is 18.4 Å². The Hall–Kier alpha value is -3.02. The lowest BCUT2D eigenvalue weighted by molar-refractivity contribution is -0.114. The summed E-state index contributed by atoms with van der Waals surface area (Å²) in [6, 6.07) is 21.4. The topological polar surface area (TPSA) is 70.2 Å². The van der Waals surface area contributed by atoms with Gasteiger partial charge in [-0.15, -0.1) is 0 Å². The maximum Gasteiger partial charge on any atom is 0.251 e. The second-order valence-electron chi connectivity index (χ2n) is 6.31. The average Bonchev–Trinajstić information content (AvgIpc) is 2.71. The molecule has 0 bridgehead atoms. The number of benzene rings is 3. The zero-order valence-corrected chi connectivity index (χ0v) is 16.9. The highest BCUT2D eigenvalue weighted by Gasteiger charge is 2.07. The Bertz CT molecular complexity index is 972. The molecule has 0 heterocycles. The fourth-order valence-electron chi connectivity index (χ4n) is 2.63. The molecule has 0 fully saturated rings. The van der Waals surface area contributed by atoms with Crippen LogP contribution in [0.3, 0.4) is 0 Å². The van der Waals surface area contributed by atoms with Gasteiger partial charge in [0.05, 0.1) is 6.54 Å². The van der Waals surface area contributed by atoms with Gasteiger partial charge in [-0.25, -0.2) is 0 Å². The molecule has 0 aromatic heterocycles. The van der Waals surface area contributed by atoms with Crippen LogP contribution in [0.1, 0.15) is 15.9 Å². The van der Waals surface area contributed by atoms with E-state index in [0.717, 1.165) is 5.56 Å². The fraction of sp³-hybridized carbons (Fsp3) is 0.0909. The Kier molecular flexibility index (Phi) is 7.11. The van der Waals surface area contributed by atoms with Crippen LogP contribution in [0.5, 0.6) is 0 Å². The van der Waals surface area contributed by atoms with Crippen LogP contribution >= 0.6 is 23.2 Å². The van der Waals surface area contributed by atoms with Crippen molar-refractivity contribution in [2.75, 3.05) is 17.2 Å². The molecule has 0 radical (unpaired) electrons. The maximum absolute atomic E-state index is 12.2. The van der Waals surface area contributed by atoms with E-state index in [2.05, 4.69) is 16.0 Å². The van der Waals surface area contributed by atoms with Crippen molar-refractivity contribution in [2.45, 2.75) is 6.54 Å². The van der Waals surface area contributed by atoms with Crippen molar-refractivity contribution in [1.29, 1.82) is 0 Å². The first-order valence-electron chi connectivity index (χ1n) is 8.91. The highest BCUT2D eigenvalue weighted by Crippen LogP contribution is 2.22. The molecule has 0 saturated heterocycles. The van der Waals surface area contributed by atoms with Crippen molar-refractivity contribution < 1.29 is 9.59 Å². The van der Waals surface area contributed by atoms with E-state index in [1.54, 1.807) is 42.5 Å². The van der Waals surface area contributed by atoms with Crippen LogP contribution in [0.25, 0.3) is 0 Å². The Morgan fingerprint density at radius 1 is 0.793 bits per heavy atom. The van der Waals surface area contributed by atoms with Crippen molar-refractivity contribution in [3.05, 3.63) is 94.0 Å². The Balaban J connectivity index is 1.49. The first-order valence-corrected chi connectivity index (χ1v) is 9.67. The van der Waals surface area contributed by atoms with E-state index in [1.165, 1.54) is 0 Å². The van der Waals surface area contributed by atoms with Gasteiger partial charge >= 0.3 is 0 Å². The quantitative estimate of drug-likeness (QED) is 0.498. The number of halogens is 2. The lowest BCUT2D eigenvalue weighted by atomic mass is 10.1. The fourth-order valence-corrected chi connectivity index (χ4v) is 3.15. The van der Waals surface area contributed by atoms with Crippen molar-refractivity contribution in [1.82, 2.24) is 5.32 Å². The normalized spacial score (nSPS) is 10.3. The smallest absolute Gasteiger partial charge is 0.251 e. The standard InChI is InChI=1S/C22H19Cl2N3O2/c23-17-10-18(24)12-20(11-17)25-14-21(28)27-19-8-6-16(7-9-19)22(29)26-13-15-4-2-1-3-5-15/h1-12,25H,13-14H2,(H,26,29)(H,27,28). The van der Waals surface area contributed by atoms with E-state index < -0.39 is 0 Å². The summed E-state index contributed by atoms with van der Waals surface area (Å²) >= 11 is 11.9. The van der Waals surface area contributed by atoms with Gasteiger partial charge in [-0.1, -0.05) is 53.5 Å². The molecule has 5 nitrogen and oxygen atoms in total. The van der Waals surface area contributed by atoms with Gasteiger partial charge in [0, 0.05) is 33.5 Å². The highest BCUT2D eigenvalue weighted by atomic mass is 35.5. The van der Waals surface area contributed by atoms with Crippen LogP contribution in [0, 0.1) is 0 Å². The SMILES string of the molecule is O=C(CNc1cc(Cl)cc(Cl)c1)Nc1ccc(C(=O)NCc2ccccc2)cc1. The highest BCUT2D eigenvalue weighted by molar-refractivity contribution is 6.35. The van der Waals surface area contributed by atoms with Crippen molar-refractivity contribution >= 4 is 46.4 Å². The third-order valence-electron chi connectivity index (χ3n) is 4.04. The molecule has 0 saturated carbocycles. The van der Waals surface area contributed by atoms with Crippen LogP contribution in [0.15, 0.2) is 72.8 Å². The summed E-state index contributed by atoms with van der Waals surface area (Å²) in [6.07, 6.45) is 0. The van der Waals surface area contributed by atoms with E-state index in [0.29, 0.717) is 33.5 Å². The average molecular weight is 428 g/mol. The molecule has 3 N–H and O–H groups in total. The summed E-state index contributed by atoms with van der Waals surface area (Å²) in [5.41, 5.74) is 2.80. The third kappa shape index (κ3) is 6.52. The van der Waals surface area contributed by atoms with E-state index >= 15 is 0 Å². The van der Waals surface area contributed by atoms with E-state index in [1.807, 2.05) is 30.3 Å². The molecule has 0 aliphatic carbocycles. The number of hydrogen-bond acceptors (Lipinski definition) is 3. The predicted molar refractivity (Wildman–Crippen MR) is 118 cm³/mol. The molecule has 0 atom stereocenters. The number of carbonyl (C=O) groups is 2. The zero-order chi connectivity index (χ0) is 20.6. The van der Waals surface area contributed by atoms with Gasteiger partial charge in [-0.2, -0.15) is 0 Å². The number of hydrogen-bond donors (Lipinski definition) is 3. The minimum absolute atomic E-state index is 0.0516. The molecule has 0 unspecified atom stereocenters. The second-order valence-corrected chi connectivity index (χ2v) is 7.18. The van der Waals surface area contributed by atoms with Gasteiger partial charge in [0.2, 0.25) is 5.91 Å². The van der Waals surface area contributed by atoms with Crippen LogP contribution < -0.4 is 16.0 Å². The lowest BCUT2D eigenvalue weighted by Crippen LogP contribution is -2.23. The van der Waals surface area contributed by atoms with Gasteiger partial charge in [-0.3, -0.25) is 9.59 Å². The maximum atomic E-state index is 12.2. The first-order chi connectivity index (χ1) is 14.0. The third-order valence-corrected chi connectivity index (χ3v) is 4.48. The van der Waals surface area contributed by atoms with E-state index in [4.69, 9.17) is 23.2 Å². The second kappa shape index (κ2) is 9.96. The Labute approximate surface area is 179 Å². The largest absolute Gasteiger partial charge is 0.376 e. The molecule has 7 heteroatoms. The minimum Gasteiger partial charge on any atom is -0.376 e. The molecule has 3 rings (SSSR count). The first kappa shape index (κ1) is 20.7. The van der Waals surface area contributed by atoms with Crippen LogP contribution in [0.2, 0.25) is 10.0 Å². The van der Waals surface area contributed by atoms with Crippen LogP contribution in [-0.2, 0) is 11.3 Å². The molecular weight excluding hydrogens is 409 g/mol. The zero-order valence-electron chi connectivity index (χ0n) is 15.4. The Morgan fingerprint density at radius 2 is 1.45 bits per heavy atom. The summed E-state index contributed by atoms with van der Waals surface area (Å²) in [7, 11) is 0. The molecule has 29 heavy (non-hydrogen) atoms. The number of nitrogens with one attached hydrogen (secondary N) is 3. The number of anilines is 2. The van der Waals surface area contributed by atoms with Crippen molar-refractivity contribution in [2.24, 2.45) is 0 Å². The molecule has 3 aromatic carbocycles. The monoisotopic (exact) mass is 427 g/mol. The van der Waals surface area contributed by atoms with E-state index in [9.17, 15) is 9.59 Å². The summed E-state index contributed by atoms with van der Waals surface area (Å²) < 4.78 is 0. The lowest BCUT2D eigenvalue weighted by Gasteiger charge is -2.10. The van der Waals surface area contributed by atoms with Crippen molar-refractivity contribution in [3.63, 3.8) is 0 Å². The van der Waals surface area contributed by atoms with Crippen LogP contribution in [0.4, 0.5) is 11.4 Å². The number of rotatable bonds is 7. The number of carbonyl (C=O) groups excluding carboxylic acids is 2. The summed E-state index contributed by atoms with van der Waals surface area (Å²) in [6.45, 7) is 0.507. The van der Waals surface area contributed by atoms with Crippen molar-refractivity contribution in [3.8, 4) is 0 Å². The molecule has 148 valence electrons. The van der Waals surface area contributed by atoms with Gasteiger partial charge < -0.3 is 16.0 Å². The van der Waals surface area contributed by atoms with Crippen LogP contribution in [-0.4, -0.2) is 18.4 Å². The molecule has 0 aliphatic heterocycles. The van der Waals surface area contributed by atoms with Gasteiger partial charge in [0.25, 0.3) is 5.91 Å². The number of amides is 2. The minimum atomic E-state index is -0.234. The van der Waals surface area contributed by atoms with Gasteiger partial charge in [-0.05, 0) is 48.0 Å². The molecule has 2 amide bonds. The summed E-state index contributed by atoms with van der Waals surface area (Å²) in [4.78, 5) is 24.4. The molecule has 0 aliphatic rings. The Morgan fingerprint density at radius 3 is 2.10 bits per heavy atom. The molecular formula is C22H19Cl2N3O2. The summed E-state index contributed by atoms with van der Waals surface area (Å²) in [5, 5.41) is 9.57. The van der Waals surface area contributed by atoms with Gasteiger partial charge in [0.15, 0.2) is 0 Å².